The summed E-state index contributed by atoms with van der Waals surface area (Å²) >= 11 is 1.44. The molecular weight excluding hydrogens is 372 g/mol. The summed E-state index contributed by atoms with van der Waals surface area (Å²) in [6.07, 6.45) is 0. The van der Waals surface area contributed by atoms with Gasteiger partial charge in [-0.1, -0.05) is 63.7 Å². The molecule has 1 saturated heterocycles. The number of hydrogen-bond acceptors (Lipinski definition) is 5. The van der Waals surface area contributed by atoms with Crippen LogP contribution in [0.1, 0.15) is 64.6 Å². The van der Waals surface area contributed by atoms with Gasteiger partial charge in [0.15, 0.2) is 5.17 Å². The summed E-state index contributed by atoms with van der Waals surface area (Å²) in [5.74, 6) is 0.224. The first-order valence-electron chi connectivity index (χ1n) is 9.76. The van der Waals surface area contributed by atoms with Gasteiger partial charge in [-0.05, 0) is 36.8 Å². The Labute approximate surface area is 171 Å². The van der Waals surface area contributed by atoms with Crippen molar-refractivity contribution in [1.82, 2.24) is 4.90 Å². The number of allylic oxidation sites excluding steroid dienone is 1. The van der Waals surface area contributed by atoms with Crippen molar-refractivity contribution in [2.24, 2.45) is 10.9 Å². The van der Waals surface area contributed by atoms with Crippen molar-refractivity contribution in [1.29, 1.82) is 0 Å². The first kappa shape index (κ1) is 20.6. The number of hydrogen-bond donors (Lipinski definition) is 0. The van der Waals surface area contributed by atoms with Crippen molar-refractivity contribution in [3.63, 3.8) is 0 Å². The summed E-state index contributed by atoms with van der Waals surface area (Å²) in [6, 6.07) is 7.64. The molecule has 0 saturated carbocycles. The maximum atomic E-state index is 13.0. The lowest BCUT2D eigenvalue weighted by Crippen LogP contribution is -2.40. The van der Waals surface area contributed by atoms with Crippen LogP contribution in [0.5, 0.6) is 0 Å². The lowest BCUT2D eigenvalue weighted by molar-refractivity contribution is -0.141. The van der Waals surface area contributed by atoms with Gasteiger partial charge < -0.3 is 4.74 Å². The van der Waals surface area contributed by atoms with Crippen LogP contribution in [0.2, 0.25) is 0 Å². The number of carbonyl (C=O) groups is 2. The van der Waals surface area contributed by atoms with Crippen molar-refractivity contribution in [3.8, 4) is 0 Å². The molecule has 0 aromatic heterocycles. The van der Waals surface area contributed by atoms with Crippen LogP contribution in [0.15, 0.2) is 40.5 Å². The van der Waals surface area contributed by atoms with Gasteiger partial charge >= 0.3 is 5.97 Å². The smallest absolute Gasteiger partial charge is 0.338 e. The Hall–Kier alpha value is -2.08. The predicted octanol–water partition coefficient (Wildman–Crippen LogP) is 4.66. The molecule has 2 heterocycles. The number of thioether (sulfide) groups is 1. The third-order valence-corrected chi connectivity index (χ3v) is 6.00. The van der Waals surface area contributed by atoms with E-state index in [4.69, 9.17) is 4.74 Å². The maximum absolute atomic E-state index is 13.0. The van der Waals surface area contributed by atoms with E-state index in [9.17, 15) is 9.59 Å². The van der Waals surface area contributed by atoms with Gasteiger partial charge in [-0.25, -0.2) is 9.79 Å². The van der Waals surface area contributed by atoms with Crippen LogP contribution in [0, 0.1) is 5.92 Å². The van der Waals surface area contributed by atoms with Gasteiger partial charge in [0, 0.05) is 0 Å². The van der Waals surface area contributed by atoms with Gasteiger partial charge in [0.25, 0.3) is 0 Å². The van der Waals surface area contributed by atoms with Crippen LogP contribution in [-0.2, 0) is 14.3 Å². The number of aliphatic imine (C=N–C) groups is 1. The molecule has 0 unspecified atom stereocenters. The Morgan fingerprint density at radius 1 is 1.21 bits per heavy atom. The number of carbonyl (C=O) groups excluding carboxylic acids is 2. The number of fused-ring (bicyclic) bond motifs is 1. The van der Waals surface area contributed by atoms with Crippen LogP contribution in [-0.4, -0.2) is 33.8 Å². The van der Waals surface area contributed by atoms with E-state index in [0.717, 1.165) is 5.56 Å². The van der Waals surface area contributed by atoms with Gasteiger partial charge in [0.2, 0.25) is 5.91 Å². The maximum Gasteiger partial charge on any atom is 0.338 e. The zero-order chi connectivity index (χ0) is 20.6. The van der Waals surface area contributed by atoms with Crippen molar-refractivity contribution in [3.05, 3.63) is 46.7 Å². The average molecular weight is 401 g/mol. The van der Waals surface area contributed by atoms with Crippen molar-refractivity contribution >= 4 is 28.8 Å². The Kier molecular flexibility index (Phi) is 5.98. The Morgan fingerprint density at radius 3 is 2.43 bits per heavy atom. The minimum atomic E-state index is -0.502. The minimum Gasteiger partial charge on any atom is -0.462 e. The second-order valence-corrected chi connectivity index (χ2v) is 9.39. The minimum absolute atomic E-state index is 0.0247. The second-order valence-electron chi connectivity index (χ2n) is 8.08. The monoisotopic (exact) mass is 400 g/mol. The van der Waals surface area contributed by atoms with E-state index in [1.54, 1.807) is 4.90 Å². The predicted molar refractivity (Wildman–Crippen MR) is 113 cm³/mol. The normalized spacial score (nSPS) is 22.1. The molecule has 1 amide bonds. The average Bonchev–Trinajstić information content (AvgIpc) is 2.92. The van der Waals surface area contributed by atoms with Gasteiger partial charge in [-0.15, -0.1) is 0 Å². The van der Waals surface area contributed by atoms with Crippen LogP contribution in [0.4, 0.5) is 0 Å². The van der Waals surface area contributed by atoms with Crippen LogP contribution in [0.3, 0.4) is 0 Å². The summed E-state index contributed by atoms with van der Waals surface area (Å²) in [5, 5.41) is 0.448. The summed E-state index contributed by atoms with van der Waals surface area (Å²) in [6.45, 7) is 12.3. The molecule has 3 rings (SSSR count). The SMILES string of the molecule is CC1=C(C(=O)OCC(C)C)[C@@H](c2ccc(C(C)C)cc2)N2C(=O)[C@H](C)SC2=N1. The molecule has 0 N–H and O–H groups in total. The topological polar surface area (TPSA) is 59.0 Å². The fourth-order valence-electron chi connectivity index (χ4n) is 3.36. The lowest BCUT2D eigenvalue weighted by Gasteiger charge is -2.33. The van der Waals surface area contributed by atoms with E-state index in [-0.39, 0.29) is 17.1 Å². The standard InChI is InChI=1S/C22H28N2O3S/c1-12(2)11-27-21(26)18-14(5)23-22-24(20(25)15(6)28-22)19(18)17-9-7-16(8-10-17)13(3)4/h7-10,12-13,15,19H,11H2,1-6H3/t15-,19+/m0/s1. The zero-order valence-corrected chi connectivity index (χ0v) is 18.2. The highest BCUT2D eigenvalue weighted by atomic mass is 32.2. The number of nitrogens with zero attached hydrogens (tertiary/aromatic N) is 2. The van der Waals surface area contributed by atoms with E-state index in [1.165, 1.54) is 17.3 Å². The van der Waals surface area contributed by atoms with Crippen molar-refractivity contribution in [2.75, 3.05) is 6.61 Å². The lowest BCUT2D eigenvalue weighted by atomic mass is 9.92. The number of rotatable bonds is 5. The molecule has 150 valence electrons. The van der Waals surface area contributed by atoms with E-state index < -0.39 is 12.0 Å². The van der Waals surface area contributed by atoms with Crippen LogP contribution >= 0.6 is 11.8 Å². The molecule has 28 heavy (non-hydrogen) atoms. The molecule has 2 aliphatic heterocycles. The van der Waals surface area contributed by atoms with Gasteiger partial charge in [0.05, 0.1) is 29.2 Å². The molecule has 1 aromatic carbocycles. The van der Waals surface area contributed by atoms with Crippen LogP contribution in [0.25, 0.3) is 0 Å². The number of amides is 1. The Morgan fingerprint density at radius 2 is 1.86 bits per heavy atom. The zero-order valence-electron chi connectivity index (χ0n) is 17.4. The second kappa shape index (κ2) is 8.11. The van der Waals surface area contributed by atoms with E-state index in [1.807, 2.05) is 39.8 Å². The van der Waals surface area contributed by atoms with Crippen molar-refractivity contribution in [2.45, 2.75) is 58.8 Å². The summed E-state index contributed by atoms with van der Waals surface area (Å²) in [4.78, 5) is 32.1. The summed E-state index contributed by atoms with van der Waals surface area (Å²) in [7, 11) is 0. The number of benzene rings is 1. The third-order valence-electron chi connectivity index (χ3n) is 4.94. The summed E-state index contributed by atoms with van der Waals surface area (Å²) < 4.78 is 5.53. The first-order valence-corrected chi connectivity index (χ1v) is 10.6. The fraction of sp³-hybridized carbons (Fsp3) is 0.500. The largest absolute Gasteiger partial charge is 0.462 e. The molecule has 2 aliphatic rings. The molecule has 0 aliphatic carbocycles. The summed E-state index contributed by atoms with van der Waals surface area (Å²) in [5.41, 5.74) is 3.18. The molecule has 2 atom stereocenters. The fourth-order valence-corrected chi connectivity index (χ4v) is 4.39. The molecule has 1 fully saturated rings. The van der Waals surface area contributed by atoms with Crippen molar-refractivity contribution < 1.29 is 14.3 Å². The highest BCUT2D eigenvalue weighted by molar-refractivity contribution is 8.15. The van der Waals surface area contributed by atoms with Crippen LogP contribution < -0.4 is 0 Å². The molecule has 0 bridgehead atoms. The molecule has 1 aromatic rings. The molecular formula is C22H28N2O3S. The quantitative estimate of drug-likeness (QED) is 0.675. The molecule has 0 radical (unpaired) electrons. The molecule has 0 spiro atoms. The number of amidine groups is 1. The van der Waals surface area contributed by atoms with E-state index >= 15 is 0 Å². The molecule has 6 heteroatoms. The van der Waals surface area contributed by atoms with Gasteiger partial charge in [-0.2, -0.15) is 0 Å². The number of ether oxygens (including phenoxy) is 1. The molecule has 5 nitrogen and oxygen atoms in total. The highest BCUT2D eigenvalue weighted by Gasteiger charge is 2.46. The van der Waals surface area contributed by atoms with E-state index in [2.05, 4.69) is 31.0 Å². The number of esters is 1. The highest BCUT2D eigenvalue weighted by Crippen LogP contribution is 2.43. The first-order chi connectivity index (χ1) is 13.2. The Balaban J connectivity index is 2.05. The van der Waals surface area contributed by atoms with Gasteiger partial charge in [0.1, 0.15) is 0 Å². The van der Waals surface area contributed by atoms with Gasteiger partial charge in [-0.3, -0.25) is 9.69 Å². The van der Waals surface area contributed by atoms with E-state index in [0.29, 0.717) is 29.0 Å². The third kappa shape index (κ3) is 3.88. The Bertz CT molecular complexity index is 840.